The number of fused-ring (bicyclic) bond motifs is 1. The highest BCUT2D eigenvalue weighted by Crippen LogP contribution is 2.47. The molecule has 1 aromatic heterocycles. The van der Waals surface area contributed by atoms with Gasteiger partial charge in [0.15, 0.2) is 0 Å². The lowest BCUT2D eigenvalue weighted by Crippen LogP contribution is -2.50. The van der Waals surface area contributed by atoms with Crippen LogP contribution in [-0.4, -0.2) is 56.4 Å². The number of hydrogen-bond acceptors (Lipinski definition) is 5. The molecule has 0 saturated carbocycles. The average Bonchev–Trinajstić information content (AvgIpc) is 3.12. The van der Waals surface area contributed by atoms with Crippen LogP contribution < -0.4 is 0 Å². The van der Waals surface area contributed by atoms with Gasteiger partial charge in [-0.05, 0) is 26.3 Å². The Hall–Kier alpha value is -1.96. The molecule has 2 fully saturated rings. The molecule has 2 aliphatic heterocycles. The second kappa shape index (κ2) is 5.84. The topological polar surface area (TPSA) is 91.1 Å². The van der Waals surface area contributed by atoms with Crippen molar-refractivity contribution in [1.82, 2.24) is 9.80 Å². The molecule has 8 heteroatoms. The predicted molar refractivity (Wildman–Crippen MR) is 87.6 cm³/mol. The molecule has 0 bridgehead atoms. The van der Waals surface area contributed by atoms with Gasteiger partial charge in [-0.3, -0.25) is 9.59 Å². The van der Waals surface area contributed by atoms with Crippen molar-refractivity contribution in [2.75, 3.05) is 12.8 Å². The fourth-order valence-corrected chi connectivity index (χ4v) is 4.83. The van der Waals surface area contributed by atoms with E-state index in [-0.39, 0.29) is 28.8 Å². The summed E-state index contributed by atoms with van der Waals surface area (Å²) in [5, 5.41) is 9.07. The van der Waals surface area contributed by atoms with E-state index in [1.807, 2.05) is 6.92 Å². The second-order valence-electron chi connectivity index (χ2n) is 6.45. The Morgan fingerprint density at radius 2 is 2.25 bits per heavy atom. The summed E-state index contributed by atoms with van der Waals surface area (Å²) in [6.45, 7) is 3.76. The number of likely N-dealkylation sites (N-methyl/N-ethyl adjacent to an activating group) is 1. The van der Waals surface area contributed by atoms with Crippen molar-refractivity contribution >= 4 is 29.5 Å². The molecule has 1 aromatic rings. The largest absolute Gasteiger partial charge is 0.478 e. The number of amides is 2. The van der Waals surface area contributed by atoms with E-state index >= 15 is 0 Å². The minimum absolute atomic E-state index is 0.0243. The minimum Gasteiger partial charge on any atom is -0.478 e. The van der Waals surface area contributed by atoms with E-state index in [4.69, 9.17) is 9.52 Å². The number of carbonyl (C=O) groups is 3. The molecule has 0 aliphatic carbocycles. The SMILES string of the molecule is Cc1oc(CN(C)C(=O)[C@H]2CS[C@@]3(C)CCC(=O)N23)cc1C(=O)O. The maximum atomic E-state index is 12.8. The summed E-state index contributed by atoms with van der Waals surface area (Å²) in [7, 11) is 1.64. The van der Waals surface area contributed by atoms with Crippen molar-refractivity contribution in [3.05, 3.63) is 23.2 Å². The van der Waals surface area contributed by atoms with Gasteiger partial charge < -0.3 is 19.3 Å². The van der Waals surface area contributed by atoms with E-state index < -0.39 is 12.0 Å². The Balaban J connectivity index is 1.72. The van der Waals surface area contributed by atoms with Gasteiger partial charge in [0.25, 0.3) is 0 Å². The molecule has 3 rings (SSSR count). The van der Waals surface area contributed by atoms with Crippen molar-refractivity contribution in [2.45, 2.75) is 44.1 Å². The van der Waals surface area contributed by atoms with Crippen LogP contribution in [0.15, 0.2) is 10.5 Å². The van der Waals surface area contributed by atoms with E-state index in [0.29, 0.717) is 23.7 Å². The molecule has 0 unspecified atom stereocenters. The highest BCUT2D eigenvalue weighted by Gasteiger charge is 2.53. The summed E-state index contributed by atoms with van der Waals surface area (Å²) in [5.74, 6) is 0.146. The summed E-state index contributed by atoms with van der Waals surface area (Å²) in [6, 6.07) is 0.977. The highest BCUT2D eigenvalue weighted by molar-refractivity contribution is 8.01. The van der Waals surface area contributed by atoms with Gasteiger partial charge in [0.05, 0.1) is 11.4 Å². The fourth-order valence-electron chi connectivity index (χ4n) is 3.40. The third-order valence-electron chi connectivity index (χ3n) is 4.70. The molecule has 2 atom stereocenters. The van der Waals surface area contributed by atoms with Crippen LogP contribution in [0.5, 0.6) is 0 Å². The number of rotatable bonds is 4. The molecule has 7 nitrogen and oxygen atoms in total. The van der Waals surface area contributed by atoms with Crippen molar-refractivity contribution in [2.24, 2.45) is 0 Å². The Labute approximate surface area is 144 Å². The zero-order valence-corrected chi connectivity index (χ0v) is 14.7. The lowest BCUT2D eigenvalue weighted by atomic mass is 10.2. The van der Waals surface area contributed by atoms with Crippen LogP contribution in [0.2, 0.25) is 0 Å². The Morgan fingerprint density at radius 3 is 2.88 bits per heavy atom. The van der Waals surface area contributed by atoms with Crippen LogP contribution in [0.1, 0.15) is 41.6 Å². The molecule has 2 amide bonds. The molecule has 0 aromatic carbocycles. The Morgan fingerprint density at radius 1 is 1.54 bits per heavy atom. The van der Waals surface area contributed by atoms with Crippen LogP contribution in [0.4, 0.5) is 0 Å². The normalized spacial score (nSPS) is 25.9. The number of nitrogens with zero attached hydrogens (tertiary/aromatic N) is 2. The molecule has 2 aliphatic rings. The summed E-state index contributed by atoms with van der Waals surface area (Å²) in [6.07, 6.45) is 1.25. The van der Waals surface area contributed by atoms with E-state index in [1.165, 1.54) is 11.0 Å². The highest BCUT2D eigenvalue weighted by atomic mass is 32.2. The van der Waals surface area contributed by atoms with Gasteiger partial charge in [0.1, 0.15) is 23.1 Å². The standard InChI is InChI=1S/C16H20N2O5S/c1-9-11(15(21)22)6-10(23-9)7-17(3)14(20)12-8-24-16(2)5-4-13(19)18(12)16/h6,12H,4-5,7-8H2,1-3H3,(H,21,22)/t12-,16+/m1/s1. The lowest BCUT2D eigenvalue weighted by Gasteiger charge is -2.31. The van der Waals surface area contributed by atoms with Gasteiger partial charge in [-0.2, -0.15) is 0 Å². The monoisotopic (exact) mass is 352 g/mol. The van der Waals surface area contributed by atoms with Crippen molar-refractivity contribution in [1.29, 1.82) is 0 Å². The van der Waals surface area contributed by atoms with Crippen LogP contribution in [-0.2, 0) is 16.1 Å². The first-order valence-electron chi connectivity index (χ1n) is 7.76. The molecule has 24 heavy (non-hydrogen) atoms. The zero-order chi connectivity index (χ0) is 17.6. The third kappa shape index (κ3) is 2.68. The maximum absolute atomic E-state index is 12.8. The number of aromatic carboxylic acids is 1. The number of thioether (sulfide) groups is 1. The van der Waals surface area contributed by atoms with Crippen molar-refractivity contribution in [3.8, 4) is 0 Å². The number of aryl methyl sites for hydroxylation is 1. The van der Waals surface area contributed by atoms with E-state index in [0.717, 1.165) is 6.42 Å². The number of carboxylic acid groups (broad SMARTS) is 1. The quantitative estimate of drug-likeness (QED) is 0.887. The summed E-state index contributed by atoms with van der Waals surface area (Å²) < 4.78 is 5.43. The predicted octanol–water partition coefficient (Wildman–Crippen LogP) is 1.70. The molecular formula is C16H20N2O5S. The zero-order valence-electron chi connectivity index (χ0n) is 13.9. The van der Waals surface area contributed by atoms with Crippen LogP contribution >= 0.6 is 11.8 Å². The molecule has 130 valence electrons. The molecular weight excluding hydrogens is 332 g/mol. The first kappa shape index (κ1) is 16.9. The van der Waals surface area contributed by atoms with Gasteiger partial charge in [0.2, 0.25) is 11.8 Å². The van der Waals surface area contributed by atoms with Gasteiger partial charge in [0, 0.05) is 19.2 Å². The Bertz CT molecular complexity index is 715. The van der Waals surface area contributed by atoms with Crippen molar-refractivity contribution in [3.63, 3.8) is 0 Å². The molecule has 2 saturated heterocycles. The average molecular weight is 352 g/mol. The van der Waals surface area contributed by atoms with E-state index in [2.05, 4.69) is 0 Å². The first-order chi connectivity index (χ1) is 11.2. The minimum atomic E-state index is -1.05. The van der Waals surface area contributed by atoms with E-state index in [1.54, 1.807) is 30.6 Å². The van der Waals surface area contributed by atoms with Crippen LogP contribution in [0, 0.1) is 6.92 Å². The number of carboxylic acids is 1. The first-order valence-corrected chi connectivity index (χ1v) is 8.75. The third-order valence-corrected chi connectivity index (χ3v) is 6.20. The summed E-state index contributed by atoms with van der Waals surface area (Å²) in [4.78, 5) is 38.9. The lowest BCUT2D eigenvalue weighted by molar-refractivity contribution is -0.143. The van der Waals surface area contributed by atoms with Gasteiger partial charge >= 0.3 is 5.97 Å². The molecule has 3 heterocycles. The van der Waals surface area contributed by atoms with Crippen molar-refractivity contribution < 1.29 is 23.9 Å². The number of furan rings is 1. The second-order valence-corrected chi connectivity index (χ2v) is 7.95. The summed E-state index contributed by atoms with van der Waals surface area (Å²) >= 11 is 1.65. The summed E-state index contributed by atoms with van der Waals surface area (Å²) in [5.41, 5.74) is 0.101. The fraction of sp³-hybridized carbons (Fsp3) is 0.562. The van der Waals surface area contributed by atoms with Gasteiger partial charge in [-0.1, -0.05) is 0 Å². The van der Waals surface area contributed by atoms with Crippen LogP contribution in [0.25, 0.3) is 0 Å². The molecule has 0 spiro atoms. The number of hydrogen-bond donors (Lipinski definition) is 1. The van der Waals surface area contributed by atoms with E-state index in [9.17, 15) is 14.4 Å². The van der Waals surface area contributed by atoms with Gasteiger partial charge in [-0.15, -0.1) is 11.8 Å². The van der Waals surface area contributed by atoms with Gasteiger partial charge in [-0.25, -0.2) is 4.79 Å². The van der Waals surface area contributed by atoms with Crippen LogP contribution in [0.3, 0.4) is 0 Å². The molecule has 1 N–H and O–H groups in total. The Kier molecular flexibility index (Phi) is 4.11. The number of carbonyl (C=O) groups excluding carboxylic acids is 2. The maximum Gasteiger partial charge on any atom is 0.339 e. The smallest absolute Gasteiger partial charge is 0.339 e. The molecule has 0 radical (unpaired) electrons.